The minimum atomic E-state index is 0.0671. The third-order valence-corrected chi connectivity index (χ3v) is 4.00. The Morgan fingerprint density at radius 3 is 2.84 bits per heavy atom. The summed E-state index contributed by atoms with van der Waals surface area (Å²) in [6.07, 6.45) is 3.91. The second-order valence-electron chi connectivity index (χ2n) is 6.32. The van der Waals surface area contributed by atoms with E-state index in [-0.39, 0.29) is 11.5 Å². The molecule has 2 N–H and O–H groups in total. The van der Waals surface area contributed by atoms with Crippen molar-refractivity contribution >= 4 is 5.95 Å². The SMILES string of the molecule is CC1(C)Cc2nc(N3CCOCC3)ncc2C(N)C1. The summed E-state index contributed by atoms with van der Waals surface area (Å²) in [6, 6.07) is 0.0671. The summed E-state index contributed by atoms with van der Waals surface area (Å²) in [5.74, 6) is 0.826. The Bertz CT molecular complexity index is 469. The van der Waals surface area contributed by atoms with Crippen LogP contribution in [0.25, 0.3) is 0 Å². The van der Waals surface area contributed by atoms with E-state index in [9.17, 15) is 0 Å². The first kappa shape index (κ1) is 12.8. The minimum Gasteiger partial charge on any atom is -0.378 e. The van der Waals surface area contributed by atoms with Crippen LogP contribution in [-0.4, -0.2) is 36.3 Å². The molecule has 1 atom stereocenters. The zero-order chi connectivity index (χ0) is 13.5. The van der Waals surface area contributed by atoms with E-state index in [1.54, 1.807) is 0 Å². The molecule has 1 aromatic heterocycles. The molecule has 0 bridgehead atoms. The van der Waals surface area contributed by atoms with Gasteiger partial charge in [-0.25, -0.2) is 9.97 Å². The number of rotatable bonds is 1. The maximum Gasteiger partial charge on any atom is 0.225 e. The van der Waals surface area contributed by atoms with E-state index in [2.05, 4.69) is 23.7 Å². The number of nitrogens with zero attached hydrogens (tertiary/aromatic N) is 3. The molecule has 3 rings (SSSR count). The van der Waals surface area contributed by atoms with E-state index in [0.29, 0.717) is 0 Å². The highest BCUT2D eigenvalue weighted by Gasteiger charge is 2.32. The molecule has 0 radical (unpaired) electrons. The summed E-state index contributed by atoms with van der Waals surface area (Å²) in [7, 11) is 0. The van der Waals surface area contributed by atoms with Crippen LogP contribution >= 0.6 is 0 Å². The molecule has 104 valence electrons. The Balaban J connectivity index is 1.90. The molecule has 5 heteroatoms. The first-order valence-electron chi connectivity index (χ1n) is 6.99. The van der Waals surface area contributed by atoms with Crippen molar-refractivity contribution in [2.45, 2.75) is 32.7 Å². The number of anilines is 1. The van der Waals surface area contributed by atoms with Crippen molar-refractivity contribution in [2.24, 2.45) is 11.1 Å². The van der Waals surface area contributed by atoms with Gasteiger partial charge in [0.15, 0.2) is 0 Å². The minimum absolute atomic E-state index is 0.0671. The van der Waals surface area contributed by atoms with Crippen LogP contribution in [0.3, 0.4) is 0 Å². The lowest BCUT2D eigenvalue weighted by Crippen LogP contribution is -2.38. The van der Waals surface area contributed by atoms with Crippen molar-refractivity contribution < 1.29 is 4.74 Å². The van der Waals surface area contributed by atoms with Gasteiger partial charge in [0.25, 0.3) is 0 Å². The summed E-state index contributed by atoms with van der Waals surface area (Å²) >= 11 is 0. The molecule has 5 nitrogen and oxygen atoms in total. The van der Waals surface area contributed by atoms with Crippen molar-refractivity contribution in [3.63, 3.8) is 0 Å². The molecular formula is C14H22N4O. The highest BCUT2D eigenvalue weighted by Crippen LogP contribution is 2.38. The maximum absolute atomic E-state index is 6.24. The smallest absolute Gasteiger partial charge is 0.225 e. The molecule has 1 unspecified atom stereocenters. The van der Waals surface area contributed by atoms with Gasteiger partial charge in [-0.1, -0.05) is 13.8 Å². The number of morpholine rings is 1. The van der Waals surface area contributed by atoms with E-state index in [4.69, 9.17) is 15.5 Å². The summed E-state index contributed by atoms with van der Waals surface area (Å²) in [5, 5.41) is 0. The van der Waals surface area contributed by atoms with Crippen LogP contribution < -0.4 is 10.6 Å². The molecule has 0 aromatic carbocycles. The molecule has 19 heavy (non-hydrogen) atoms. The molecular weight excluding hydrogens is 240 g/mol. The second-order valence-corrected chi connectivity index (χ2v) is 6.32. The first-order valence-corrected chi connectivity index (χ1v) is 6.99. The van der Waals surface area contributed by atoms with Gasteiger partial charge < -0.3 is 15.4 Å². The lowest BCUT2D eigenvalue weighted by molar-refractivity contribution is 0.122. The van der Waals surface area contributed by atoms with Crippen LogP contribution in [0.2, 0.25) is 0 Å². The molecule has 2 heterocycles. The van der Waals surface area contributed by atoms with Crippen molar-refractivity contribution in [3.8, 4) is 0 Å². The predicted molar refractivity (Wildman–Crippen MR) is 74.1 cm³/mol. The lowest BCUT2D eigenvalue weighted by Gasteiger charge is -2.35. The highest BCUT2D eigenvalue weighted by atomic mass is 16.5. The Labute approximate surface area is 114 Å². The molecule has 0 spiro atoms. The van der Waals surface area contributed by atoms with Gasteiger partial charge in [-0.05, 0) is 18.3 Å². The fraction of sp³-hybridized carbons (Fsp3) is 0.714. The Kier molecular flexibility index (Phi) is 3.19. The molecule has 1 fully saturated rings. The third-order valence-electron chi connectivity index (χ3n) is 4.00. The van der Waals surface area contributed by atoms with Gasteiger partial charge in [0.2, 0.25) is 5.95 Å². The van der Waals surface area contributed by atoms with E-state index < -0.39 is 0 Å². The number of aromatic nitrogens is 2. The molecule has 1 aromatic rings. The van der Waals surface area contributed by atoms with Crippen molar-refractivity contribution in [3.05, 3.63) is 17.5 Å². The summed E-state index contributed by atoms with van der Waals surface area (Å²) in [6.45, 7) is 7.76. The number of hydrogen-bond donors (Lipinski definition) is 1. The average Bonchev–Trinajstić information content (AvgIpc) is 2.37. The monoisotopic (exact) mass is 262 g/mol. The number of ether oxygens (including phenoxy) is 1. The van der Waals surface area contributed by atoms with Gasteiger partial charge in [0.05, 0.1) is 18.9 Å². The van der Waals surface area contributed by atoms with Gasteiger partial charge in [-0.15, -0.1) is 0 Å². The Morgan fingerprint density at radius 2 is 2.11 bits per heavy atom. The van der Waals surface area contributed by atoms with Gasteiger partial charge in [0.1, 0.15) is 0 Å². The lowest BCUT2D eigenvalue weighted by atomic mass is 9.74. The number of nitrogens with two attached hydrogens (primary N) is 1. The summed E-state index contributed by atoms with van der Waals surface area (Å²) in [4.78, 5) is 11.4. The van der Waals surface area contributed by atoms with Crippen molar-refractivity contribution in [2.75, 3.05) is 31.2 Å². The summed E-state index contributed by atoms with van der Waals surface area (Å²) in [5.41, 5.74) is 8.71. The molecule has 1 aliphatic carbocycles. The molecule has 2 aliphatic rings. The van der Waals surface area contributed by atoms with Crippen molar-refractivity contribution in [1.82, 2.24) is 9.97 Å². The van der Waals surface area contributed by atoms with E-state index >= 15 is 0 Å². The molecule has 0 saturated carbocycles. The van der Waals surface area contributed by atoms with E-state index in [1.807, 2.05) is 6.20 Å². The maximum atomic E-state index is 6.24. The van der Waals surface area contributed by atoms with E-state index in [0.717, 1.165) is 56.4 Å². The summed E-state index contributed by atoms with van der Waals surface area (Å²) < 4.78 is 5.37. The zero-order valence-electron chi connectivity index (χ0n) is 11.7. The van der Waals surface area contributed by atoms with Crippen LogP contribution in [0.5, 0.6) is 0 Å². The zero-order valence-corrected chi connectivity index (χ0v) is 11.7. The Hall–Kier alpha value is -1.20. The molecule has 1 aliphatic heterocycles. The van der Waals surface area contributed by atoms with Crippen LogP contribution in [0.1, 0.15) is 37.6 Å². The molecule has 1 saturated heterocycles. The number of hydrogen-bond acceptors (Lipinski definition) is 5. The topological polar surface area (TPSA) is 64.3 Å². The third kappa shape index (κ3) is 2.58. The van der Waals surface area contributed by atoms with Crippen LogP contribution in [0.4, 0.5) is 5.95 Å². The largest absolute Gasteiger partial charge is 0.378 e. The predicted octanol–water partition coefficient (Wildman–Crippen LogP) is 1.29. The average molecular weight is 262 g/mol. The standard InChI is InChI=1S/C14H22N4O/c1-14(2)7-11(15)10-9-16-13(17-12(10)8-14)18-3-5-19-6-4-18/h9,11H,3-8,15H2,1-2H3. The van der Waals surface area contributed by atoms with Crippen LogP contribution in [0.15, 0.2) is 6.20 Å². The molecule has 0 amide bonds. The highest BCUT2D eigenvalue weighted by molar-refractivity contribution is 5.36. The second kappa shape index (κ2) is 4.72. The first-order chi connectivity index (χ1) is 9.05. The van der Waals surface area contributed by atoms with E-state index in [1.165, 1.54) is 0 Å². The quantitative estimate of drug-likeness (QED) is 0.826. The number of fused-ring (bicyclic) bond motifs is 1. The van der Waals surface area contributed by atoms with Gasteiger partial charge >= 0.3 is 0 Å². The Morgan fingerprint density at radius 1 is 1.37 bits per heavy atom. The fourth-order valence-corrected chi connectivity index (χ4v) is 3.01. The van der Waals surface area contributed by atoms with Gasteiger partial charge in [-0.3, -0.25) is 0 Å². The van der Waals surface area contributed by atoms with Gasteiger partial charge in [0, 0.05) is 30.9 Å². The van der Waals surface area contributed by atoms with Crippen LogP contribution in [-0.2, 0) is 11.2 Å². The van der Waals surface area contributed by atoms with Gasteiger partial charge in [-0.2, -0.15) is 0 Å². The normalized spacial score (nSPS) is 26.1. The van der Waals surface area contributed by atoms with Crippen LogP contribution in [0, 0.1) is 5.41 Å². The fourth-order valence-electron chi connectivity index (χ4n) is 3.01. The van der Waals surface area contributed by atoms with Crippen molar-refractivity contribution in [1.29, 1.82) is 0 Å².